The first-order chi connectivity index (χ1) is 11.7. The van der Waals surface area contributed by atoms with Gasteiger partial charge in [-0.2, -0.15) is 8.78 Å². The van der Waals surface area contributed by atoms with Crippen molar-refractivity contribution in [3.05, 3.63) is 53.1 Å². The lowest BCUT2D eigenvalue weighted by Crippen LogP contribution is -2.23. The number of nitrogens with one attached hydrogen (secondary N) is 1. The summed E-state index contributed by atoms with van der Waals surface area (Å²) in [6, 6.07) is 9.11. The summed E-state index contributed by atoms with van der Waals surface area (Å²) >= 11 is 0. The number of hydrogen-bond donors (Lipinski definition) is 1. The molecule has 136 valence electrons. The highest BCUT2D eigenvalue weighted by Crippen LogP contribution is 2.29. The van der Waals surface area contributed by atoms with Crippen LogP contribution in [0.5, 0.6) is 11.5 Å². The molecule has 0 radical (unpaired) electrons. The van der Waals surface area contributed by atoms with Crippen molar-refractivity contribution in [1.29, 1.82) is 0 Å². The topological polar surface area (TPSA) is 64.6 Å². The minimum absolute atomic E-state index is 0.0133. The number of hydrogen-bond acceptors (Lipinski definition) is 4. The van der Waals surface area contributed by atoms with Gasteiger partial charge in [0.1, 0.15) is 0 Å². The maximum absolute atomic E-state index is 12.4. The number of alkyl halides is 2. The maximum atomic E-state index is 12.4. The predicted molar refractivity (Wildman–Crippen MR) is 89.6 cm³/mol. The molecule has 0 unspecified atom stereocenters. The van der Waals surface area contributed by atoms with E-state index in [9.17, 15) is 17.2 Å². The first-order valence-corrected chi connectivity index (χ1v) is 8.90. The second-order valence-electron chi connectivity index (χ2n) is 5.43. The zero-order valence-corrected chi connectivity index (χ0v) is 14.9. The Morgan fingerprint density at radius 2 is 1.76 bits per heavy atom. The fourth-order valence-corrected chi connectivity index (χ4v) is 3.26. The molecule has 0 spiro atoms. The number of sulfonamides is 1. The lowest BCUT2D eigenvalue weighted by molar-refractivity contribution is -0.0512. The van der Waals surface area contributed by atoms with Crippen molar-refractivity contribution in [3.63, 3.8) is 0 Å². The minimum atomic E-state index is -3.69. The average Bonchev–Trinajstić information content (AvgIpc) is 2.55. The molecule has 5 nitrogen and oxygen atoms in total. The summed E-state index contributed by atoms with van der Waals surface area (Å²) in [5, 5.41) is 0. The molecule has 2 aromatic carbocycles. The highest BCUT2D eigenvalue weighted by atomic mass is 32.2. The van der Waals surface area contributed by atoms with Crippen LogP contribution in [0.2, 0.25) is 0 Å². The Labute approximate surface area is 145 Å². The number of rotatable bonds is 7. The van der Waals surface area contributed by atoms with Crippen LogP contribution in [0, 0.1) is 13.8 Å². The number of aryl methyl sites for hydroxylation is 2. The fraction of sp³-hybridized carbons (Fsp3) is 0.294. The Kier molecular flexibility index (Phi) is 5.97. The van der Waals surface area contributed by atoms with E-state index in [4.69, 9.17) is 4.74 Å². The van der Waals surface area contributed by atoms with Gasteiger partial charge in [0, 0.05) is 6.54 Å². The number of ether oxygens (including phenoxy) is 2. The predicted octanol–water partition coefficient (Wildman–Crippen LogP) is 3.39. The van der Waals surface area contributed by atoms with Gasteiger partial charge in [-0.3, -0.25) is 0 Å². The summed E-state index contributed by atoms with van der Waals surface area (Å²) in [6.45, 7) is 0.749. The Morgan fingerprint density at radius 1 is 1.04 bits per heavy atom. The van der Waals surface area contributed by atoms with Gasteiger partial charge < -0.3 is 9.47 Å². The smallest absolute Gasteiger partial charge is 0.387 e. The molecule has 0 aliphatic rings. The number of benzene rings is 2. The molecular formula is C17H19F2NO4S. The summed E-state index contributed by atoms with van der Waals surface area (Å²) in [4.78, 5) is 0.167. The van der Waals surface area contributed by atoms with E-state index in [0.29, 0.717) is 5.56 Å². The lowest BCUT2D eigenvalue weighted by atomic mass is 10.1. The molecular weight excluding hydrogens is 352 g/mol. The van der Waals surface area contributed by atoms with Crippen molar-refractivity contribution >= 4 is 10.0 Å². The Balaban J connectivity index is 2.15. The molecule has 0 bridgehead atoms. The summed E-state index contributed by atoms with van der Waals surface area (Å²) in [5.41, 5.74) is 2.42. The molecule has 2 rings (SSSR count). The van der Waals surface area contributed by atoms with Gasteiger partial charge in [-0.25, -0.2) is 13.1 Å². The minimum Gasteiger partial charge on any atom is -0.493 e. The highest BCUT2D eigenvalue weighted by Gasteiger charge is 2.16. The average molecular weight is 371 g/mol. The fourth-order valence-electron chi connectivity index (χ4n) is 2.16. The first-order valence-electron chi connectivity index (χ1n) is 7.41. The molecule has 0 saturated heterocycles. The van der Waals surface area contributed by atoms with Crippen LogP contribution in [0.25, 0.3) is 0 Å². The zero-order valence-electron chi connectivity index (χ0n) is 14.0. The van der Waals surface area contributed by atoms with Crippen molar-refractivity contribution < 1.29 is 26.7 Å². The van der Waals surface area contributed by atoms with Crippen molar-refractivity contribution in [1.82, 2.24) is 4.72 Å². The molecule has 0 heterocycles. The van der Waals surface area contributed by atoms with E-state index in [-0.39, 0.29) is 22.9 Å². The summed E-state index contributed by atoms with van der Waals surface area (Å²) in [6.07, 6.45) is 0. The Bertz CT molecular complexity index is 854. The maximum Gasteiger partial charge on any atom is 0.387 e. The third-order valence-corrected chi connectivity index (χ3v) is 5.10. The van der Waals surface area contributed by atoms with E-state index in [1.54, 1.807) is 12.1 Å². The van der Waals surface area contributed by atoms with E-state index in [1.807, 2.05) is 13.8 Å². The van der Waals surface area contributed by atoms with Crippen molar-refractivity contribution in [2.24, 2.45) is 0 Å². The number of methoxy groups -OCH3 is 1. The molecule has 0 saturated carbocycles. The van der Waals surface area contributed by atoms with Crippen molar-refractivity contribution in [2.75, 3.05) is 7.11 Å². The van der Waals surface area contributed by atoms with Crippen molar-refractivity contribution in [3.8, 4) is 11.5 Å². The molecule has 0 aromatic heterocycles. The molecule has 25 heavy (non-hydrogen) atoms. The normalized spacial score (nSPS) is 11.6. The Hall–Kier alpha value is -2.19. The monoisotopic (exact) mass is 371 g/mol. The van der Waals surface area contributed by atoms with Crippen LogP contribution in [0.4, 0.5) is 8.78 Å². The van der Waals surface area contributed by atoms with Crippen LogP contribution < -0.4 is 14.2 Å². The van der Waals surface area contributed by atoms with Crippen LogP contribution in [-0.2, 0) is 16.6 Å². The van der Waals surface area contributed by atoms with Gasteiger partial charge >= 0.3 is 6.61 Å². The molecule has 0 amide bonds. The molecule has 0 aliphatic heterocycles. The number of halogens is 2. The largest absolute Gasteiger partial charge is 0.493 e. The standard InChI is InChI=1S/C17H19F2NO4S/c1-11-4-6-14(8-12(11)2)25(21,22)20-10-13-5-7-15(24-17(18)19)16(9-13)23-3/h4-9,17,20H,10H2,1-3H3. The molecule has 0 fully saturated rings. The van der Waals surface area contributed by atoms with Crippen LogP contribution in [0.15, 0.2) is 41.3 Å². The van der Waals surface area contributed by atoms with Gasteiger partial charge in [0.05, 0.1) is 12.0 Å². The van der Waals surface area contributed by atoms with E-state index in [2.05, 4.69) is 9.46 Å². The van der Waals surface area contributed by atoms with E-state index >= 15 is 0 Å². The molecule has 0 aliphatic carbocycles. The summed E-state index contributed by atoms with van der Waals surface area (Å²) in [5.74, 6) is -0.0126. The lowest BCUT2D eigenvalue weighted by Gasteiger charge is -2.12. The molecule has 2 aromatic rings. The van der Waals surface area contributed by atoms with E-state index < -0.39 is 16.6 Å². The Morgan fingerprint density at radius 3 is 2.36 bits per heavy atom. The third-order valence-electron chi connectivity index (χ3n) is 3.70. The van der Waals surface area contributed by atoms with E-state index in [1.165, 1.54) is 31.4 Å². The van der Waals surface area contributed by atoms with Gasteiger partial charge in [0.15, 0.2) is 11.5 Å². The second-order valence-corrected chi connectivity index (χ2v) is 7.20. The second kappa shape index (κ2) is 7.79. The molecule has 1 N–H and O–H groups in total. The van der Waals surface area contributed by atoms with Gasteiger partial charge in [0.25, 0.3) is 0 Å². The van der Waals surface area contributed by atoms with Crippen LogP contribution in [0.1, 0.15) is 16.7 Å². The van der Waals surface area contributed by atoms with Gasteiger partial charge in [-0.1, -0.05) is 12.1 Å². The van der Waals surface area contributed by atoms with Gasteiger partial charge in [0.2, 0.25) is 10.0 Å². The van der Waals surface area contributed by atoms with Crippen LogP contribution >= 0.6 is 0 Å². The molecule has 8 heteroatoms. The van der Waals surface area contributed by atoms with Gasteiger partial charge in [-0.05, 0) is 54.8 Å². The summed E-state index contributed by atoms with van der Waals surface area (Å²) < 4.78 is 61.2. The highest BCUT2D eigenvalue weighted by molar-refractivity contribution is 7.89. The van der Waals surface area contributed by atoms with E-state index in [0.717, 1.165) is 11.1 Å². The SMILES string of the molecule is COc1cc(CNS(=O)(=O)c2ccc(C)c(C)c2)ccc1OC(F)F. The van der Waals surface area contributed by atoms with Crippen molar-refractivity contribution in [2.45, 2.75) is 31.9 Å². The van der Waals surface area contributed by atoms with Crippen LogP contribution in [-0.4, -0.2) is 22.1 Å². The quantitative estimate of drug-likeness (QED) is 0.810. The third kappa shape index (κ3) is 4.90. The molecule has 0 atom stereocenters. The zero-order chi connectivity index (χ0) is 18.6. The van der Waals surface area contributed by atoms with Gasteiger partial charge in [-0.15, -0.1) is 0 Å². The summed E-state index contributed by atoms with van der Waals surface area (Å²) in [7, 11) is -2.37. The first kappa shape index (κ1) is 19.1. The van der Waals surface area contributed by atoms with Crippen LogP contribution in [0.3, 0.4) is 0 Å².